The smallest absolute Gasteiger partial charge is 0.505 e. The first-order valence-electron chi connectivity index (χ1n) is 10.5. The SMILES string of the molecule is Cc1cn(C)c(=O)c(NC(=O)NC(CC(=O)O)c2cccc(-c3ccccc3OC(F)(F)F)c2)c1O. The Hall–Kier alpha value is -4.48. The van der Waals surface area contributed by atoms with Crippen LogP contribution in [0.1, 0.15) is 23.6 Å². The van der Waals surface area contributed by atoms with Crippen LogP contribution < -0.4 is 20.9 Å². The number of aryl methyl sites for hydroxylation is 2. The molecule has 2 amide bonds. The fourth-order valence-corrected chi connectivity index (χ4v) is 3.57. The van der Waals surface area contributed by atoms with Gasteiger partial charge in [0.25, 0.3) is 5.56 Å². The zero-order valence-electron chi connectivity index (χ0n) is 19.1. The number of aliphatic carboxylic acids is 1. The van der Waals surface area contributed by atoms with Crippen LogP contribution in [0.5, 0.6) is 11.5 Å². The van der Waals surface area contributed by atoms with Crippen LogP contribution in [-0.4, -0.2) is 33.1 Å². The molecule has 2 aromatic carbocycles. The number of halogens is 3. The lowest BCUT2D eigenvalue weighted by Crippen LogP contribution is -2.36. The fourth-order valence-electron chi connectivity index (χ4n) is 3.57. The Morgan fingerprint density at radius 3 is 2.50 bits per heavy atom. The normalized spacial score (nSPS) is 12.0. The summed E-state index contributed by atoms with van der Waals surface area (Å²) in [5.74, 6) is -2.15. The largest absolute Gasteiger partial charge is 0.573 e. The molecule has 0 saturated carbocycles. The van der Waals surface area contributed by atoms with Gasteiger partial charge in [0.1, 0.15) is 11.5 Å². The highest BCUT2D eigenvalue weighted by atomic mass is 19.4. The molecule has 3 aromatic rings. The van der Waals surface area contributed by atoms with Gasteiger partial charge in [-0.05, 0) is 30.2 Å². The number of nitrogens with one attached hydrogen (secondary N) is 2. The van der Waals surface area contributed by atoms with E-state index in [0.29, 0.717) is 5.56 Å². The van der Waals surface area contributed by atoms with Crippen LogP contribution in [0.25, 0.3) is 11.1 Å². The third-order valence-electron chi connectivity index (χ3n) is 5.17. The van der Waals surface area contributed by atoms with Crippen molar-refractivity contribution in [1.29, 1.82) is 0 Å². The van der Waals surface area contributed by atoms with Gasteiger partial charge in [0.15, 0.2) is 5.69 Å². The van der Waals surface area contributed by atoms with Crippen molar-refractivity contribution in [3.05, 3.63) is 76.2 Å². The maximum absolute atomic E-state index is 12.8. The molecular weight excluding hydrogens is 483 g/mol. The molecule has 1 unspecified atom stereocenters. The molecule has 1 atom stereocenters. The molecule has 36 heavy (non-hydrogen) atoms. The van der Waals surface area contributed by atoms with Gasteiger partial charge in [-0.2, -0.15) is 0 Å². The summed E-state index contributed by atoms with van der Waals surface area (Å²) >= 11 is 0. The average Bonchev–Trinajstić information content (AvgIpc) is 2.79. The first kappa shape index (κ1) is 26.1. The lowest BCUT2D eigenvalue weighted by molar-refractivity contribution is -0.274. The van der Waals surface area contributed by atoms with Crippen molar-refractivity contribution in [2.24, 2.45) is 7.05 Å². The number of pyridine rings is 1. The maximum atomic E-state index is 12.8. The molecule has 1 heterocycles. The Bertz CT molecular complexity index is 1350. The molecule has 0 fully saturated rings. The van der Waals surface area contributed by atoms with Crippen molar-refractivity contribution in [1.82, 2.24) is 9.88 Å². The number of aromatic hydroxyl groups is 1. The number of hydrogen-bond acceptors (Lipinski definition) is 5. The minimum absolute atomic E-state index is 0.100. The molecule has 1 aromatic heterocycles. The molecule has 190 valence electrons. The molecule has 0 aliphatic heterocycles. The monoisotopic (exact) mass is 505 g/mol. The van der Waals surface area contributed by atoms with Gasteiger partial charge in [-0.15, -0.1) is 13.2 Å². The molecule has 0 aliphatic carbocycles. The van der Waals surface area contributed by atoms with Crippen LogP contribution in [-0.2, 0) is 11.8 Å². The number of amides is 2. The topological polar surface area (TPSA) is 130 Å². The Morgan fingerprint density at radius 2 is 1.83 bits per heavy atom. The number of carboxylic acids is 1. The zero-order valence-corrected chi connectivity index (χ0v) is 19.1. The van der Waals surface area contributed by atoms with Crippen LogP contribution in [0.4, 0.5) is 23.7 Å². The number of alkyl halides is 3. The van der Waals surface area contributed by atoms with E-state index in [0.717, 1.165) is 10.6 Å². The molecular formula is C24H22F3N3O6. The zero-order chi connectivity index (χ0) is 26.6. The molecule has 0 radical (unpaired) electrons. The van der Waals surface area contributed by atoms with Crippen LogP contribution in [0.3, 0.4) is 0 Å². The molecule has 0 saturated heterocycles. The minimum atomic E-state index is -4.92. The number of ether oxygens (including phenoxy) is 1. The van der Waals surface area contributed by atoms with E-state index in [1.165, 1.54) is 62.6 Å². The second kappa shape index (κ2) is 10.4. The summed E-state index contributed by atoms with van der Waals surface area (Å²) in [5, 5.41) is 24.2. The Kier molecular flexibility index (Phi) is 7.56. The lowest BCUT2D eigenvalue weighted by Gasteiger charge is -2.20. The summed E-state index contributed by atoms with van der Waals surface area (Å²) in [7, 11) is 1.43. The number of aromatic nitrogens is 1. The van der Waals surface area contributed by atoms with E-state index in [2.05, 4.69) is 15.4 Å². The molecule has 0 spiro atoms. The summed E-state index contributed by atoms with van der Waals surface area (Å²) < 4.78 is 43.8. The summed E-state index contributed by atoms with van der Waals surface area (Å²) in [6.45, 7) is 1.52. The Morgan fingerprint density at radius 1 is 1.14 bits per heavy atom. The Labute approximate surface area is 202 Å². The van der Waals surface area contributed by atoms with E-state index in [1.807, 2.05) is 0 Å². The van der Waals surface area contributed by atoms with Gasteiger partial charge in [-0.3, -0.25) is 9.59 Å². The average molecular weight is 505 g/mol. The third-order valence-corrected chi connectivity index (χ3v) is 5.17. The van der Waals surface area contributed by atoms with E-state index in [9.17, 15) is 37.8 Å². The highest BCUT2D eigenvalue weighted by molar-refractivity contribution is 5.91. The highest BCUT2D eigenvalue weighted by Crippen LogP contribution is 2.35. The van der Waals surface area contributed by atoms with E-state index in [4.69, 9.17) is 0 Å². The van der Waals surface area contributed by atoms with Crippen molar-refractivity contribution in [3.8, 4) is 22.6 Å². The fraction of sp³-hybridized carbons (Fsp3) is 0.208. The van der Waals surface area contributed by atoms with Gasteiger partial charge >= 0.3 is 18.4 Å². The van der Waals surface area contributed by atoms with Gasteiger partial charge in [-0.1, -0.05) is 36.4 Å². The maximum Gasteiger partial charge on any atom is 0.573 e. The number of anilines is 1. The number of rotatable bonds is 7. The van der Waals surface area contributed by atoms with Gasteiger partial charge in [0, 0.05) is 24.4 Å². The van der Waals surface area contributed by atoms with Crippen molar-refractivity contribution >= 4 is 17.7 Å². The Balaban J connectivity index is 1.92. The summed E-state index contributed by atoms with van der Waals surface area (Å²) in [6.07, 6.45) is -4.12. The summed E-state index contributed by atoms with van der Waals surface area (Å²) in [4.78, 5) is 36.4. The highest BCUT2D eigenvalue weighted by Gasteiger charge is 2.32. The molecule has 4 N–H and O–H groups in total. The number of carbonyl (C=O) groups excluding carboxylic acids is 1. The summed E-state index contributed by atoms with van der Waals surface area (Å²) in [6, 6.07) is 9.26. The van der Waals surface area contributed by atoms with E-state index >= 15 is 0 Å². The van der Waals surface area contributed by atoms with Gasteiger partial charge in [-0.25, -0.2) is 4.79 Å². The lowest BCUT2D eigenvalue weighted by atomic mass is 9.97. The second-order valence-electron chi connectivity index (χ2n) is 7.87. The molecule has 3 rings (SSSR count). The van der Waals surface area contributed by atoms with E-state index < -0.39 is 53.6 Å². The van der Waals surface area contributed by atoms with Crippen molar-refractivity contribution in [2.75, 3.05) is 5.32 Å². The second-order valence-corrected chi connectivity index (χ2v) is 7.87. The van der Waals surface area contributed by atoms with Crippen LogP contribution >= 0.6 is 0 Å². The van der Waals surface area contributed by atoms with Crippen molar-refractivity contribution in [2.45, 2.75) is 25.7 Å². The van der Waals surface area contributed by atoms with E-state index in [1.54, 1.807) is 0 Å². The standard InChI is InChI=1S/C24H22F3N3O6/c1-13-12-30(2)22(34)20(21(13)33)29-23(35)28-17(11-19(31)32)15-7-5-6-14(10-15)16-8-3-4-9-18(16)36-24(25,26)27/h3-10,12,17,33H,11H2,1-2H3,(H,31,32)(H2,28,29,35). The van der Waals surface area contributed by atoms with Gasteiger partial charge in [0.2, 0.25) is 0 Å². The number of nitrogens with zero attached hydrogens (tertiary/aromatic N) is 1. The van der Waals surface area contributed by atoms with Gasteiger partial charge in [0.05, 0.1) is 12.5 Å². The van der Waals surface area contributed by atoms with Gasteiger partial charge < -0.3 is 30.2 Å². The molecule has 12 heteroatoms. The number of carbonyl (C=O) groups is 2. The molecule has 9 nitrogen and oxygen atoms in total. The van der Waals surface area contributed by atoms with Crippen molar-refractivity contribution in [3.63, 3.8) is 0 Å². The van der Waals surface area contributed by atoms with Crippen LogP contribution in [0, 0.1) is 6.92 Å². The number of benzene rings is 2. The van der Waals surface area contributed by atoms with Crippen LogP contribution in [0.15, 0.2) is 59.5 Å². The predicted molar refractivity (Wildman–Crippen MR) is 124 cm³/mol. The quantitative estimate of drug-likeness (QED) is 0.379. The molecule has 0 bridgehead atoms. The number of urea groups is 1. The first-order valence-corrected chi connectivity index (χ1v) is 10.5. The number of carboxylic acid groups (broad SMARTS) is 1. The first-order chi connectivity index (χ1) is 16.9. The minimum Gasteiger partial charge on any atom is -0.505 e. The predicted octanol–water partition coefficient (Wildman–Crippen LogP) is 4.30. The van der Waals surface area contributed by atoms with E-state index in [-0.39, 0.29) is 16.7 Å². The number of hydrogen-bond donors (Lipinski definition) is 4. The van der Waals surface area contributed by atoms with Crippen LogP contribution in [0.2, 0.25) is 0 Å². The van der Waals surface area contributed by atoms with Crippen molar-refractivity contribution < 1.29 is 37.7 Å². The molecule has 0 aliphatic rings. The third kappa shape index (κ3) is 6.34. The number of para-hydroxylation sites is 1. The summed E-state index contributed by atoms with van der Waals surface area (Å²) in [5.41, 5.74) is -0.101.